The van der Waals surface area contributed by atoms with Gasteiger partial charge in [-0.25, -0.2) is 8.42 Å². The number of ether oxygens (including phenoxy) is 1. The molecule has 0 unspecified atom stereocenters. The van der Waals surface area contributed by atoms with Crippen molar-refractivity contribution < 1.29 is 17.9 Å². The van der Waals surface area contributed by atoms with Crippen LogP contribution in [-0.2, 0) is 25.0 Å². The van der Waals surface area contributed by atoms with E-state index in [9.17, 15) is 13.2 Å². The molecule has 0 saturated heterocycles. The third kappa shape index (κ3) is 4.99. The van der Waals surface area contributed by atoms with Gasteiger partial charge in [-0.15, -0.1) is 0 Å². The van der Waals surface area contributed by atoms with E-state index in [0.29, 0.717) is 24.8 Å². The van der Waals surface area contributed by atoms with Crippen molar-refractivity contribution >= 4 is 21.6 Å². The van der Waals surface area contributed by atoms with Gasteiger partial charge in [0.25, 0.3) is 10.0 Å². The van der Waals surface area contributed by atoms with Crippen LogP contribution in [0.25, 0.3) is 0 Å². The van der Waals surface area contributed by atoms with E-state index in [4.69, 9.17) is 4.74 Å². The molecule has 0 heterocycles. The summed E-state index contributed by atoms with van der Waals surface area (Å²) in [5, 5.41) is 2.91. The third-order valence-electron chi connectivity index (χ3n) is 6.73. The van der Waals surface area contributed by atoms with Crippen molar-refractivity contribution in [2.75, 3.05) is 25.0 Å². The first-order valence-electron chi connectivity index (χ1n) is 11.5. The molecule has 0 aliphatic heterocycles. The standard InChI is InChI=1S/C25H32N2O4S/c1-31-18-17-26-24(28)25(15-16-25)21-9-11-22(12-10-21)27-32(29,30)23-13-7-20(8-14-23)19-5-3-2-4-6-19/h7-14,19,27H,2-6,15-18H2,1H3,(H,26,28). The highest BCUT2D eigenvalue weighted by Crippen LogP contribution is 2.48. The Kier molecular flexibility index (Phi) is 6.86. The lowest BCUT2D eigenvalue weighted by atomic mass is 9.84. The van der Waals surface area contributed by atoms with E-state index in [0.717, 1.165) is 18.4 Å². The van der Waals surface area contributed by atoms with Crippen molar-refractivity contribution in [2.45, 2.75) is 61.2 Å². The minimum atomic E-state index is -3.67. The number of hydrogen-bond donors (Lipinski definition) is 2. The first-order valence-corrected chi connectivity index (χ1v) is 12.9. The molecule has 2 fully saturated rings. The molecule has 7 heteroatoms. The van der Waals surface area contributed by atoms with E-state index in [-0.39, 0.29) is 10.8 Å². The topological polar surface area (TPSA) is 84.5 Å². The summed E-state index contributed by atoms with van der Waals surface area (Å²) in [7, 11) is -2.07. The van der Waals surface area contributed by atoms with Gasteiger partial charge < -0.3 is 10.1 Å². The Labute approximate surface area is 190 Å². The summed E-state index contributed by atoms with van der Waals surface area (Å²) in [4.78, 5) is 12.8. The van der Waals surface area contributed by atoms with Gasteiger partial charge in [-0.3, -0.25) is 9.52 Å². The van der Waals surface area contributed by atoms with Gasteiger partial charge in [0.15, 0.2) is 0 Å². The number of carbonyl (C=O) groups is 1. The molecule has 6 nitrogen and oxygen atoms in total. The van der Waals surface area contributed by atoms with Crippen LogP contribution in [0.4, 0.5) is 5.69 Å². The Morgan fingerprint density at radius 1 is 1.00 bits per heavy atom. The molecule has 2 aliphatic carbocycles. The summed E-state index contributed by atoms with van der Waals surface area (Å²) in [6, 6.07) is 14.4. The lowest BCUT2D eigenvalue weighted by Crippen LogP contribution is -2.36. The first-order chi connectivity index (χ1) is 15.4. The highest BCUT2D eigenvalue weighted by atomic mass is 32.2. The Morgan fingerprint density at radius 3 is 2.25 bits per heavy atom. The van der Waals surface area contributed by atoms with Crippen molar-refractivity contribution in [2.24, 2.45) is 0 Å². The van der Waals surface area contributed by atoms with E-state index in [1.165, 1.54) is 37.7 Å². The minimum absolute atomic E-state index is 0.000867. The number of methoxy groups -OCH3 is 1. The second-order valence-corrected chi connectivity index (χ2v) is 10.6. The molecule has 0 atom stereocenters. The number of amides is 1. The number of hydrogen-bond acceptors (Lipinski definition) is 4. The fraction of sp³-hybridized carbons (Fsp3) is 0.480. The molecule has 2 aromatic rings. The maximum Gasteiger partial charge on any atom is 0.261 e. The predicted octanol–water partition coefficient (Wildman–Crippen LogP) is 4.33. The largest absolute Gasteiger partial charge is 0.383 e. The van der Waals surface area contributed by atoms with Crippen LogP contribution >= 0.6 is 0 Å². The van der Waals surface area contributed by atoms with Crippen molar-refractivity contribution in [1.29, 1.82) is 0 Å². The number of carbonyl (C=O) groups excluding carboxylic acids is 1. The molecule has 2 aromatic carbocycles. The maximum absolute atomic E-state index is 12.9. The quantitative estimate of drug-likeness (QED) is 0.550. The lowest BCUT2D eigenvalue weighted by molar-refractivity contribution is -0.123. The number of nitrogens with one attached hydrogen (secondary N) is 2. The summed E-state index contributed by atoms with van der Waals surface area (Å²) in [6.07, 6.45) is 7.75. The van der Waals surface area contributed by atoms with Gasteiger partial charge >= 0.3 is 0 Å². The molecule has 172 valence electrons. The van der Waals surface area contributed by atoms with Crippen LogP contribution in [0.5, 0.6) is 0 Å². The van der Waals surface area contributed by atoms with Crippen LogP contribution in [0.3, 0.4) is 0 Å². The summed E-state index contributed by atoms with van der Waals surface area (Å²) in [5.74, 6) is 0.545. The second-order valence-electron chi connectivity index (χ2n) is 8.92. The van der Waals surface area contributed by atoms with Gasteiger partial charge in [0.1, 0.15) is 0 Å². The molecule has 0 bridgehead atoms. The van der Waals surface area contributed by atoms with E-state index < -0.39 is 15.4 Å². The Bertz CT molecular complexity index is 1020. The highest BCUT2D eigenvalue weighted by molar-refractivity contribution is 7.92. The van der Waals surface area contributed by atoms with E-state index in [1.807, 2.05) is 24.3 Å². The smallest absolute Gasteiger partial charge is 0.261 e. The van der Waals surface area contributed by atoms with E-state index in [1.54, 1.807) is 31.4 Å². The van der Waals surface area contributed by atoms with Gasteiger partial charge in [-0.1, -0.05) is 43.5 Å². The molecule has 0 aromatic heterocycles. The van der Waals surface area contributed by atoms with Crippen molar-refractivity contribution in [3.05, 3.63) is 59.7 Å². The molecule has 0 spiro atoms. The number of anilines is 1. The Balaban J connectivity index is 1.41. The summed E-state index contributed by atoms with van der Waals surface area (Å²) in [5.41, 5.74) is 2.12. The number of rotatable bonds is 9. The van der Waals surface area contributed by atoms with Crippen LogP contribution in [-0.4, -0.2) is 34.6 Å². The summed E-state index contributed by atoms with van der Waals surface area (Å²) in [6.45, 7) is 0.957. The summed E-state index contributed by atoms with van der Waals surface area (Å²) < 4.78 is 33.3. The molecule has 32 heavy (non-hydrogen) atoms. The van der Waals surface area contributed by atoms with Crippen molar-refractivity contribution in [1.82, 2.24) is 5.32 Å². The lowest BCUT2D eigenvalue weighted by Gasteiger charge is -2.22. The zero-order chi connectivity index (χ0) is 22.6. The zero-order valence-corrected chi connectivity index (χ0v) is 19.4. The molecule has 2 saturated carbocycles. The van der Waals surface area contributed by atoms with Gasteiger partial charge in [-0.2, -0.15) is 0 Å². The zero-order valence-electron chi connectivity index (χ0n) is 18.6. The number of sulfonamides is 1. The molecule has 1 amide bonds. The fourth-order valence-electron chi connectivity index (χ4n) is 4.63. The SMILES string of the molecule is COCCNC(=O)C1(c2ccc(NS(=O)(=O)c3ccc(C4CCCCC4)cc3)cc2)CC1. The van der Waals surface area contributed by atoms with Gasteiger partial charge in [-0.05, 0) is 67.0 Å². The molecular formula is C25H32N2O4S. The van der Waals surface area contributed by atoms with Crippen LogP contribution in [0, 0.1) is 0 Å². The monoisotopic (exact) mass is 456 g/mol. The third-order valence-corrected chi connectivity index (χ3v) is 8.13. The van der Waals surface area contributed by atoms with E-state index in [2.05, 4.69) is 10.0 Å². The average molecular weight is 457 g/mol. The Morgan fingerprint density at radius 2 is 1.66 bits per heavy atom. The second kappa shape index (κ2) is 9.63. The normalized spacial score (nSPS) is 18.2. The van der Waals surface area contributed by atoms with Crippen LogP contribution in [0.2, 0.25) is 0 Å². The van der Waals surface area contributed by atoms with Crippen molar-refractivity contribution in [3.8, 4) is 0 Å². The van der Waals surface area contributed by atoms with Gasteiger partial charge in [0.2, 0.25) is 5.91 Å². The molecular weight excluding hydrogens is 424 g/mol. The van der Waals surface area contributed by atoms with E-state index >= 15 is 0 Å². The van der Waals surface area contributed by atoms with Gasteiger partial charge in [0, 0.05) is 19.3 Å². The first kappa shape index (κ1) is 22.8. The van der Waals surface area contributed by atoms with Gasteiger partial charge in [0.05, 0.1) is 16.9 Å². The highest BCUT2D eigenvalue weighted by Gasteiger charge is 2.51. The molecule has 2 aliphatic rings. The minimum Gasteiger partial charge on any atom is -0.383 e. The average Bonchev–Trinajstić information content (AvgIpc) is 3.62. The van der Waals surface area contributed by atoms with Crippen molar-refractivity contribution in [3.63, 3.8) is 0 Å². The van der Waals surface area contributed by atoms with Crippen LogP contribution in [0.15, 0.2) is 53.4 Å². The van der Waals surface area contributed by atoms with Crippen LogP contribution in [0.1, 0.15) is 62.0 Å². The Hall–Kier alpha value is -2.38. The fourth-order valence-corrected chi connectivity index (χ4v) is 5.69. The van der Waals surface area contributed by atoms with Crippen LogP contribution < -0.4 is 10.0 Å². The summed E-state index contributed by atoms with van der Waals surface area (Å²) >= 11 is 0. The predicted molar refractivity (Wildman–Crippen MR) is 125 cm³/mol. The number of benzene rings is 2. The molecule has 2 N–H and O–H groups in total. The molecule has 0 radical (unpaired) electrons. The maximum atomic E-state index is 12.9. The molecule has 4 rings (SSSR count).